The van der Waals surface area contributed by atoms with Crippen molar-refractivity contribution in [1.29, 1.82) is 0 Å². The summed E-state index contributed by atoms with van der Waals surface area (Å²) in [6.07, 6.45) is 0.810. The highest BCUT2D eigenvalue weighted by molar-refractivity contribution is 6.33. The van der Waals surface area contributed by atoms with E-state index >= 15 is 0 Å². The minimum atomic E-state index is -0.526. The van der Waals surface area contributed by atoms with Crippen LogP contribution in [0.3, 0.4) is 0 Å². The fraction of sp³-hybridized carbons (Fsp3) is 0.429. The van der Waals surface area contributed by atoms with Gasteiger partial charge in [0.2, 0.25) is 5.91 Å². The van der Waals surface area contributed by atoms with E-state index in [-0.39, 0.29) is 23.4 Å². The van der Waals surface area contributed by atoms with Crippen molar-refractivity contribution in [3.05, 3.63) is 28.8 Å². The minimum Gasteiger partial charge on any atom is -0.465 e. The number of nitrogens with one attached hydrogen (secondary N) is 2. The van der Waals surface area contributed by atoms with Crippen LogP contribution in [-0.2, 0) is 9.53 Å². The molecule has 0 aliphatic carbocycles. The lowest BCUT2D eigenvalue weighted by Crippen LogP contribution is -2.32. The van der Waals surface area contributed by atoms with Crippen LogP contribution < -0.4 is 10.6 Å². The van der Waals surface area contributed by atoms with Crippen LogP contribution in [0.2, 0.25) is 5.02 Å². The number of anilines is 1. The molecular weight excluding hydrogens is 280 g/mol. The molecular formula is C14H17ClN2O3. The van der Waals surface area contributed by atoms with E-state index in [1.807, 2.05) is 6.92 Å². The lowest BCUT2D eigenvalue weighted by atomic mass is 10.0. The van der Waals surface area contributed by atoms with E-state index in [1.165, 1.54) is 13.2 Å². The van der Waals surface area contributed by atoms with Crippen LogP contribution in [0.15, 0.2) is 18.2 Å². The van der Waals surface area contributed by atoms with Crippen molar-refractivity contribution in [2.24, 2.45) is 5.92 Å². The number of hydrogen-bond donors (Lipinski definition) is 2. The Hall–Kier alpha value is -1.59. The van der Waals surface area contributed by atoms with E-state index in [9.17, 15) is 9.59 Å². The second-order valence-corrected chi connectivity index (χ2v) is 5.22. The minimum absolute atomic E-state index is 0.0550. The summed E-state index contributed by atoms with van der Waals surface area (Å²) >= 11 is 5.93. The van der Waals surface area contributed by atoms with Crippen molar-refractivity contribution in [2.45, 2.75) is 19.4 Å². The zero-order valence-electron chi connectivity index (χ0n) is 11.4. The number of ether oxygens (including phenoxy) is 1. The standard InChI is InChI=1S/C14H17ClN2O3/c1-8-10(5-6-16-8)13(18)17-9-3-4-12(15)11(7-9)14(19)20-2/h3-4,7-8,10,16H,5-6H2,1-2H3,(H,17,18). The predicted octanol–water partition coefficient (Wildman–Crippen LogP) is 2.06. The van der Waals surface area contributed by atoms with E-state index in [2.05, 4.69) is 15.4 Å². The topological polar surface area (TPSA) is 67.4 Å². The third-order valence-corrected chi connectivity index (χ3v) is 3.83. The largest absolute Gasteiger partial charge is 0.465 e. The maximum absolute atomic E-state index is 12.2. The lowest BCUT2D eigenvalue weighted by Gasteiger charge is -2.15. The molecule has 2 rings (SSSR count). The Balaban J connectivity index is 2.13. The first-order chi connectivity index (χ1) is 9.52. The van der Waals surface area contributed by atoms with Gasteiger partial charge in [0.1, 0.15) is 0 Å². The van der Waals surface area contributed by atoms with Gasteiger partial charge in [-0.05, 0) is 38.1 Å². The van der Waals surface area contributed by atoms with E-state index in [4.69, 9.17) is 11.6 Å². The summed E-state index contributed by atoms with van der Waals surface area (Å²) in [6, 6.07) is 4.92. The van der Waals surface area contributed by atoms with Gasteiger partial charge in [-0.3, -0.25) is 4.79 Å². The smallest absolute Gasteiger partial charge is 0.339 e. The highest BCUT2D eigenvalue weighted by Gasteiger charge is 2.29. The van der Waals surface area contributed by atoms with Crippen LogP contribution in [0.25, 0.3) is 0 Å². The molecule has 1 aromatic rings. The number of carbonyl (C=O) groups excluding carboxylic acids is 2. The SMILES string of the molecule is COC(=O)c1cc(NC(=O)C2CCNC2C)ccc1Cl. The number of rotatable bonds is 3. The molecule has 2 unspecified atom stereocenters. The van der Waals surface area contributed by atoms with Gasteiger partial charge in [0.15, 0.2) is 0 Å². The quantitative estimate of drug-likeness (QED) is 0.838. The average Bonchev–Trinajstić information content (AvgIpc) is 2.86. The van der Waals surface area contributed by atoms with Gasteiger partial charge in [-0.1, -0.05) is 11.6 Å². The molecule has 1 aliphatic rings. The fourth-order valence-electron chi connectivity index (χ4n) is 2.32. The van der Waals surface area contributed by atoms with Gasteiger partial charge in [0.05, 0.1) is 23.6 Å². The molecule has 0 bridgehead atoms. The summed E-state index contributed by atoms with van der Waals surface area (Å²) in [4.78, 5) is 23.7. The normalized spacial score (nSPS) is 21.6. The van der Waals surface area contributed by atoms with Gasteiger partial charge < -0.3 is 15.4 Å². The molecule has 1 aromatic carbocycles. The first kappa shape index (κ1) is 14.8. The molecule has 2 atom stereocenters. The number of methoxy groups -OCH3 is 1. The van der Waals surface area contributed by atoms with E-state index < -0.39 is 5.97 Å². The maximum Gasteiger partial charge on any atom is 0.339 e. The second kappa shape index (κ2) is 6.24. The van der Waals surface area contributed by atoms with Crippen molar-refractivity contribution >= 4 is 29.2 Å². The summed E-state index contributed by atoms with van der Waals surface area (Å²) in [5.74, 6) is -0.644. The third-order valence-electron chi connectivity index (χ3n) is 3.50. The molecule has 1 saturated heterocycles. The molecule has 6 heteroatoms. The molecule has 20 heavy (non-hydrogen) atoms. The number of hydrogen-bond acceptors (Lipinski definition) is 4. The molecule has 0 aromatic heterocycles. The molecule has 1 amide bonds. The first-order valence-corrected chi connectivity index (χ1v) is 6.83. The first-order valence-electron chi connectivity index (χ1n) is 6.45. The Labute approximate surface area is 122 Å². The van der Waals surface area contributed by atoms with Gasteiger partial charge in [-0.15, -0.1) is 0 Å². The van der Waals surface area contributed by atoms with Crippen LogP contribution in [0.4, 0.5) is 5.69 Å². The molecule has 1 fully saturated rings. The molecule has 1 heterocycles. The second-order valence-electron chi connectivity index (χ2n) is 4.81. The Morgan fingerprint density at radius 1 is 1.45 bits per heavy atom. The maximum atomic E-state index is 12.2. The van der Waals surface area contributed by atoms with Gasteiger partial charge in [-0.2, -0.15) is 0 Å². The summed E-state index contributed by atoms with van der Waals surface area (Å²) in [5.41, 5.74) is 0.781. The zero-order valence-corrected chi connectivity index (χ0v) is 12.2. The van der Waals surface area contributed by atoms with Crippen LogP contribution in [0.1, 0.15) is 23.7 Å². The van der Waals surface area contributed by atoms with E-state index in [0.29, 0.717) is 10.7 Å². The molecule has 1 aliphatic heterocycles. The van der Waals surface area contributed by atoms with Gasteiger partial charge >= 0.3 is 5.97 Å². The highest BCUT2D eigenvalue weighted by Crippen LogP contribution is 2.23. The van der Waals surface area contributed by atoms with Crippen molar-refractivity contribution in [3.8, 4) is 0 Å². The van der Waals surface area contributed by atoms with Crippen molar-refractivity contribution in [2.75, 3.05) is 19.0 Å². The van der Waals surface area contributed by atoms with Crippen LogP contribution in [0, 0.1) is 5.92 Å². The van der Waals surface area contributed by atoms with Gasteiger partial charge in [-0.25, -0.2) is 4.79 Å². The molecule has 5 nitrogen and oxygen atoms in total. The van der Waals surface area contributed by atoms with E-state index in [1.54, 1.807) is 12.1 Å². The Morgan fingerprint density at radius 2 is 2.20 bits per heavy atom. The van der Waals surface area contributed by atoms with Gasteiger partial charge in [0, 0.05) is 11.7 Å². The highest BCUT2D eigenvalue weighted by atomic mass is 35.5. The Morgan fingerprint density at radius 3 is 2.80 bits per heavy atom. The Kier molecular flexibility index (Phi) is 4.62. The van der Waals surface area contributed by atoms with Crippen LogP contribution in [0.5, 0.6) is 0 Å². The summed E-state index contributed by atoms with van der Waals surface area (Å²) < 4.78 is 4.65. The number of benzene rings is 1. The predicted molar refractivity (Wildman–Crippen MR) is 77.0 cm³/mol. The molecule has 2 N–H and O–H groups in total. The molecule has 0 spiro atoms. The summed E-state index contributed by atoms with van der Waals surface area (Å²) in [7, 11) is 1.29. The number of amides is 1. The monoisotopic (exact) mass is 296 g/mol. The number of halogens is 1. The fourth-order valence-corrected chi connectivity index (χ4v) is 2.52. The Bertz CT molecular complexity index is 533. The van der Waals surface area contributed by atoms with Crippen LogP contribution in [-0.4, -0.2) is 31.6 Å². The average molecular weight is 297 g/mol. The van der Waals surface area contributed by atoms with Crippen molar-refractivity contribution < 1.29 is 14.3 Å². The number of carbonyl (C=O) groups is 2. The number of esters is 1. The van der Waals surface area contributed by atoms with Gasteiger partial charge in [0.25, 0.3) is 0 Å². The summed E-state index contributed by atoms with van der Waals surface area (Å²) in [5, 5.41) is 6.34. The van der Waals surface area contributed by atoms with E-state index in [0.717, 1.165) is 13.0 Å². The van der Waals surface area contributed by atoms with Crippen LogP contribution >= 0.6 is 11.6 Å². The third kappa shape index (κ3) is 3.11. The van der Waals surface area contributed by atoms with Crippen molar-refractivity contribution in [1.82, 2.24) is 5.32 Å². The molecule has 0 radical (unpaired) electrons. The molecule has 0 saturated carbocycles. The zero-order chi connectivity index (χ0) is 14.7. The summed E-state index contributed by atoms with van der Waals surface area (Å²) in [6.45, 7) is 2.83. The molecule has 108 valence electrons. The lowest BCUT2D eigenvalue weighted by molar-refractivity contribution is -0.120. The van der Waals surface area contributed by atoms with Crippen molar-refractivity contribution in [3.63, 3.8) is 0 Å².